The van der Waals surface area contributed by atoms with E-state index in [-0.39, 0.29) is 11.4 Å². The maximum absolute atomic E-state index is 13.7. The Balaban J connectivity index is 1.81. The molecule has 7 heteroatoms. The van der Waals surface area contributed by atoms with Gasteiger partial charge in [-0.1, -0.05) is 18.2 Å². The summed E-state index contributed by atoms with van der Waals surface area (Å²) in [7, 11) is 0. The van der Waals surface area contributed by atoms with Crippen LogP contribution in [0.4, 0.5) is 14.6 Å². The minimum absolute atomic E-state index is 0.0262. The Bertz CT molecular complexity index is 1120. The van der Waals surface area contributed by atoms with E-state index < -0.39 is 17.4 Å². The smallest absolute Gasteiger partial charge is 0.168 e. The third-order valence-corrected chi connectivity index (χ3v) is 4.06. The van der Waals surface area contributed by atoms with Crippen LogP contribution in [0.3, 0.4) is 0 Å². The zero-order valence-electron chi connectivity index (χ0n) is 14.0. The largest absolute Gasteiger partial charge is 0.504 e. The van der Waals surface area contributed by atoms with Gasteiger partial charge in [-0.05, 0) is 29.8 Å². The molecule has 2 aromatic carbocycles. The molecule has 0 saturated carbocycles. The number of nitrogens with zero attached hydrogens (tertiary/aromatic N) is 3. The summed E-state index contributed by atoms with van der Waals surface area (Å²) in [5.41, 5.74) is 1.42. The van der Waals surface area contributed by atoms with Crippen LogP contribution in [0.5, 0.6) is 5.75 Å². The summed E-state index contributed by atoms with van der Waals surface area (Å²) < 4.78 is 27.4. The molecule has 0 atom stereocenters. The van der Waals surface area contributed by atoms with Crippen LogP contribution in [0.15, 0.2) is 60.9 Å². The van der Waals surface area contributed by atoms with Crippen LogP contribution in [0, 0.1) is 11.6 Å². The van der Waals surface area contributed by atoms with Crippen molar-refractivity contribution in [2.45, 2.75) is 6.54 Å². The first kappa shape index (κ1) is 16.8. The molecule has 0 radical (unpaired) electrons. The Morgan fingerprint density at radius 1 is 1.00 bits per heavy atom. The lowest BCUT2D eigenvalue weighted by Gasteiger charge is -2.12. The molecule has 4 aromatic rings. The van der Waals surface area contributed by atoms with Crippen molar-refractivity contribution >= 4 is 16.7 Å². The van der Waals surface area contributed by atoms with Gasteiger partial charge in [0.25, 0.3) is 0 Å². The molecule has 2 heterocycles. The van der Waals surface area contributed by atoms with Gasteiger partial charge in [-0.15, -0.1) is 0 Å². The van der Waals surface area contributed by atoms with E-state index in [9.17, 15) is 13.9 Å². The molecule has 2 aromatic heterocycles. The third-order valence-electron chi connectivity index (χ3n) is 4.06. The molecule has 5 nitrogen and oxygen atoms in total. The lowest BCUT2D eigenvalue weighted by Crippen LogP contribution is -2.04. The predicted molar refractivity (Wildman–Crippen MR) is 98.1 cm³/mol. The highest BCUT2D eigenvalue weighted by molar-refractivity contribution is 5.90. The van der Waals surface area contributed by atoms with Crippen molar-refractivity contribution in [2.24, 2.45) is 0 Å². The standard InChI is InChI=1S/C20H14F2N4O/c21-13-8-15(18(27)16(22)9-13)20-25-17-6-2-1-5-14(17)19(26-20)24-11-12-4-3-7-23-10-12/h1-10,27H,11H2,(H,24,25,26). The zero-order valence-corrected chi connectivity index (χ0v) is 14.0. The average molecular weight is 364 g/mol. The topological polar surface area (TPSA) is 70.9 Å². The van der Waals surface area contributed by atoms with Crippen molar-refractivity contribution in [3.8, 4) is 17.1 Å². The third kappa shape index (κ3) is 3.39. The van der Waals surface area contributed by atoms with Gasteiger partial charge in [0.05, 0.1) is 11.1 Å². The fraction of sp³-hybridized carbons (Fsp3) is 0.0500. The molecule has 0 aliphatic heterocycles. The Labute approximate surface area is 153 Å². The van der Waals surface area contributed by atoms with Gasteiger partial charge in [0.1, 0.15) is 11.6 Å². The van der Waals surface area contributed by atoms with E-state index in [4.69, 9.17) is 0 Å². The zero-order chi connectivity index (χ0) is 18.8. The average Bonchev–Trinajstić information content (AvgIpc) is 2.69. The van der Waals surface area contributed by atoms with Crippen LogP contribution in [-0.2, 0) is 6.54 Å². The molecule has 0 amide bonds. The molecule has 0 bridgehead atoms. The van der Waals surface area contributed by atoms with E-state index in [1.54, 1.807) is 24.5 Å². The highest BCUT2D eigenvalue weighted by atomic mass is 19.1. The second-order valence-electron chi connectivity index (χ2n) is 5.91. The van der Waals surface area contributed by atoms with Crippen LogP contribution >= 0.6 is 0 Å². The van der Waals surface area contributed by atoms with Gasteiger partial charge >= 0.3 is 0 Å². The van der Waals surface area contributed by atoms with Crippen LogP contribution in [0.1, 0.15) is 5.56 Å². The number of hydrogen-bond donors (Lipinski definition) is 2. The Morgan fingerprint density at radius 2 is 1.85 bits per heavy atom. The molecule has 0 unspecified atom stereocenters. The van der Waals surface area contributed by atoms with Gasteiger partial charge in [-0.2, -0.15) is 0 Å². The molecule has 0 spiro atoms. The predicted octanol–water partition coefficient (Wildman–Crippen LogP) is 4.29. The summed E-state index contributed by atoms with van der Waals surface area (Å²) in [5, 5.41) is 13.9. The molecular weight excluding hydrogens is 350 g/mol. The molecule has 2 N–H and O–H groups in total. The van der Waals surface area contributed by atoms with Crippen molar-refractivity contribution in [3.05, 3.63) is 78.1 Å². The number of anilines is 1. The van der Waals surface area contributed by atoms with E-state index in [0.29, 0.717) is 23.9 Å². The van der Waals surface area contributed by atoms with Crippen molar-refractivity contribution in [1.82, 2.24) is 15.0 Å². The normalized spacial score (nSPS) is 10.9. The molecular formula is C20H14F2N4O. The summed E-state index contributed by atoms with van der Waals surface area (Å²) >= 11 is 0. The van der Waals surface area contributed by atoms with E-state index >= 15 is 0 Å². The van der Waals surface area contributed by atoms with Gasteiger partial charge < -0.3 is 10.4 Å². The highest BCUT2D eigenvalue weighted by Crippen LogP contribution is 2.33. The molecule has 0 fully saturated rings. The van der Waals surface area contributed by atoms with E-state index in [1.807, 2.05) is 24.3 Å². The van der Waals surface area contributed by atoms with E-state index in [2.05, 4.69) is 20.3 Å². The maximum Gasteiger partial charge on any atom is 0.168 e. The summed E-state index contributed by atoms with van der Waals surface area (Å²) in [6.45, 7) is 0.456. The number of nitrogens with one attached hydrogen (secondary N) is 1. The maximum atomic E-state index is 13.7. The van der Waals surface area contributed by atoms with Crippen LogP contribution < -0.4 is 5.32 Å². The highest BCUT2D eigenvalue weighted by Gasteiger charge is 2.16. The first-order chi connectivity index (χ1) is 13.1. The second kappa shape index (κ2) is 6.95. The van der Waals surface area contributed by atoms with Gasteiger partial charge in [0.2, 0.25) is 0 Å². The summed E-state index contributed by atoms with van der Waals surface area (Å²) in [6.07, 6.45) is 3.41. The van der Waals surface area contributed by atoms with Crippen molar-refractivity contribution in [3.63, 3.8) is 0 Å². The van der Waals surface area contributed by atoms with E-state index in [0.717, 1.165) is 17.0 Å². The Hall–Kier alpha value is -3.61. The number of para-hydroxylation sites is 1. The first-order valence-electron chi connectivity index (χ1n) is 8.20. The van der Waals surface area contributed by atoms with Crippen LogP contribution in [-0.4, -0.2) is 20.1 Å². The number of pyridine rings is 1. The first-order valence-corrected chi connectivity index (χ1v) is 8.20. The van der Waals surface area contributed by atoms with E-state index in [1.165, 1.54) is 0 Å². The number of hydrogen-bond acceptors (Lipinski definition) is 5. The lowest BCUT2D eigenvalue weighted by atomic mass is 10.1. The van der Waals surface area contributed by atoms with Crippen molar-refractivity contribution < 1.29 is 13.9 Å². The summed E-state index contributed by atoms with van der Waals surface area (Å²) in [4.78, 5) is 12.8. The molecule has 0 aliphatic carbocycles. The summed E-state index contributed by atoms with van der Waals surface area (Å²) in [5.74, 6) is -2.06. The van der Waals surface area contributed by atoms with Crippen LogP contribution in [0.2, 0.25) is 0 Å². The molecule has 134 valence electrons. The van der Waals surface area contributed by atoms with Crippen LogP contribution in [0.25, 0.3) is 22.3 Å². The minimum Gasteiger partial charge on any atom is -0.504 e. The van der Waals surface area contributed by atoms with Gasteiger partial charge in [-0.25, -0.2) is 18.7 Å². The SMILES string of the molecule is Oc1c(F)cc(F)cc1-c1nc(NCc2cccnc2)c2ccccc2n1. The number of fused-ring (bicyclic) bond motifs is 1. The molecule has 0 aliphatic rings. The second-order valence-corrected chi connectivity index (χ2v) is 5.91. The Morgan fingerprint density at radius 3 is 2.67 bits per heavy atom. The monoisotopic (exact) mass is 364 g/mol. The van der Waals surface area contributed by atoms with Crippen molar-refractivity contribution in [1.29, 1.82) is 0 Å². The van der Waals surface area contributed by atoms with Crippen molar-refractivity contribution in [2.75, 3.05) is 5.32 Å². The Kier molecular flexibility index (Phi) is 4.33. The number of phenolic OH excluding ortho intramolecular Hbond substituents is 1. The minimum atomic E-state index is -1.06. The molecule has 4 rings (SSSR count). The lowest BCUT2D eigenvalue weighted by molar-refractivity contribution is 0.429. The fourth-order valence-electron chi connectivity index (χ4n) is 2.76. The summed E-state index contributed by atoms with van der Waals surface area (Å²) in [6, 6.07) is 12.6. The number of halogens is 2. The number of benzene rings is 2. The molecule has 0 saturated heterocycles. The van der Waals surface area contributed by atoms with Gasteiger partial charge in [0, 0.05) is 30.4 Å². The fourth-order valence-corrected chi connectivity index (χ4v) is 2.76. The number of rotatable bonds is 4. The van der Waals surface area contributed by atoms with Gasteiger partial charge in [-0.3, -0.25) is 4.98 Å². The quantitative estimate of drug-likeness (QED) is 0.565. The molecule has 27 heavy (non-hydrogen) atoms. The number of aromatic hydroxyl groups is 1. The number of aromatic nitrogens is 3. The van der Waals surface area contributed by atoms with Gasteiger partial charge in [0.15, 0.2) is 17.4 Å². The number of phenols is 1.